The molecule has 0 aliphatic carbocycles. The third-order valence-corrected chi connectivity index (χ3v) is 2.42. The molecule has 1 heterocycles. The molecule has 0 aliphatic heterocycles. The summed E-state index contributed by atoms with van der Waals surface area (Å²) < 4.78 is 36.1. The SMILES string of the molecule is NC(=O)CCCC=Cc1nccc(NC(N)=NCC(F)(F)F)n1. The molecule has 0 fully saturated rings. The summed E-state index contributed by atoms with van der Waals surface area (Å²) in [5.41, 5.74) is 10.4. The summed E-state index contributed by atoms with van der Waals surface area (Å²) in [7, 11) is 0. The molecule has 0 atom stereocenters. The molecule has 5 N–H and O–H groups in total. The molecule has 126 valence electrons. The number of carbonyl (C=O) groups is 1. The van der Waals surface area contributed by atoms with Crippen molar-refractivity contribution in [1.82, 2.24) is 9.97 Å². The van der Waals surface area contributed by atoms with E-state index in [-0.39, 0.29) is 11.7 Å². The number of nitrogens with one attached hydrogen (secondary N) is 1. The summed E-state index contributed by atoms with van der Waals surface area (Å²) in [4.78, 5) is 21.7. The number of carbonyl (C=O) groups excluding carboxylic acids is 1. The number of aromatic nitrogens is 2. The Labute approximate surface area is 130 Å². The highest BCUT2D eigenvalue weighted by molar-refractivity contribution is 5.91. The monoisotopic (exact) mass is 330 g/mol. The van der Waals surface area contributed by atoms with E-state index in [4.69, 9.17) is 11.5 Å². The lowest BCUT2D eigenvalue weighted by molar-refractivity contribution is -0.119. The number of unbranched alkanes of at least 4 members (excludes halogenated alkanes) is 1. The lowest BCUT2D eigenvalue weighted by Crippen LogP contribution is -2.26. The number of aliphatic imine (C=N–C) groups is 1. The van der Waals surface area contributed by atoms with Crippen LogP contribution in [0.5, 0.6) is 0 Å². The summed E-state index contributed by atoms with van der Waals surface area (Å²) in [5, 5.41) is 2.45. The molecule has 0 unspecified atom stereocenters. The van der Waals surface area contributed by atoms with Crippen molar-refractivity contribution in [3.63, 3.8) is 0 Å². The fraction of sp³-hybridized carbons (Fsp3) is 0.385. The van der Waals surface area contributed by atoms with Crippen LogP contribution in [-0.4, -0.2) is 34.6 Å². The number of primary amides is 1. The first-order chi connectivity index (χ1) is 10.8. The Balaban J connectivity index is 2.56. The van der Waals surface area contributed by atoms with Crippen molar-refractivity contribution in [3.05, 3.63) is 24.2 Å². The molecule has 0 spiro atoms. The van der Waals surface area contributed by atoms with Gasteiger partial charge in [0.25, 0.3) is 0 Å². The Morgan fingerprint density at radius 1 is 1.39 bits per heavy atom. The number of nitrogens with zero attached hydrogens (tertiary/aromatic N) is 3. The number of rotatable bonds is 7. The Kier molecular flexibility index (Phi) is 6.97. The number of hydrogen-bond donors (Lipinski definition) is 3. The Morgan fingerprint density at radius 3 is 2.78 bits per heavy atom. The number of alkyl halides is 3. The average molecular weight is 330 g/mol. The zero-order valence-corrected chi connectivity index (χ0v) is 12.2. The highest BCUT2D eigenvalue weighted by atomic mass is 19.4. The Bertz CT molecular complexity index is 585. The van der Waals surface area contributed by atoms with Gasteiger partial charge in [-0.25, -0.2) is 15.0 Å². The second kappa shape index (κ2) is 8.71. The van der Waals surface area contributed by atoms with Gasteiger partial charge >= 0.3 is 6.18 Å². The van der Waals surface area contributed by atoms with Crippen LogP contribution in [0.15, 0.2) is 23.3 Å². The van der Waals surface area contributed by atoms with Crippen LogP contribution in [0.25, 0.3) is 6.08 Å². The van der Waals surface area contributed by atoms with E-state index >= 15 is 0 Å². The van der Waals surface area contributed by atoms with Crippen LogP contribution >= 0.6 is 0 Å². The summed E-state index contributed by atoms with van der Waals surface area (Å²) in [5.74, 6) is -0.190. The molecule has 10 heteroatoms. The second-order valence-electron chi connectivity index (χ2n) is 4.50. The van der Waals surface area contributed by atoms with Crippen LogP contribution in [0.4, 0.5) is 19.0 Å². The highest BCUT2D eigenvalue weighted by Crippen LogP contribution is 2.14. The van der Waals surface area contributed by atoms with Crippen molar-refractivity contribution in [3.8, 4) is 0 Å². The van der Waals surface area contributed by atoms with Crippen molar-refractivity contribution in [2.75, 3.05) is 11.9 Å². The Morgan fingerprint density at radius 2 is 2.13 bits per heavy atom. The normalized spacial score (nSPS) is 12.6. The quantitative estimate of drug-likeness (QED) is 0.397. The molecule has 0 aliphatic rings. The summed E-state index contributed by atoms with van der Waals surface area (Å²) in [6, 6.07) is 1.44. The van der Waals surface area contributed by atoms with Crippen molar-refractivity contribution in [1.29, 1.82) is 0 Å². The number of amides is 1. The largest absolute Gasteiger partial charge is 0.408 e. The number of halogens is 3. The standard InChI is InChI=1S/C13H17F3N6O/c14-13(15,16)8-20-12(18)22-11-6-7-19-10(21-11)5-3-1-2-4-9(17)23/h3,5-7H,1-2,4,8H2,(H2,17,23)(H3,18,19,20,21,22). The maximum atomic E-state index is 12.0. The fourth-order valence-electron chi connectivity index (χ4n) is 1.45. The van der Waals surface area contributed by atoms with Gasteiger partial charge < -0.3 is 16.8 Å². The molecule has 7 nitrogen and oxygen atoms in total. The second-order valence-corrected chi connectivity index (χ2v) is 4.50. The first kappa shape index (κ1) is 18.4. The van der Waals surface area contributed by atoms with E-state index in [9.17, 15) is 18.0 Å². The van der Waals surface area contributed by atoms with Crippen LogP contribution in [0.3, 0.4) is 0 Å². The molecule has 1 aromatic rings. The number of anilines is 1. The van der Waals surface area contributed by atoms with E-state index in [0.717, 1.165) is 0 Å². The minimum Gasteiger partial charge on any atom is -0.370 e. The number of hydrogen-bond acceptors (Lipinski definition) is 4. The lowest BCUT2D eigenvalue weighted by atomic mass is 10.2. The molecule has 0 saturated heterocycles. The molecule has 1 aromatic heterocycles. The third-order valence-electron chi connectivity index (χ3n) is 2.42. The molecule has 0 saturated carbocycles. The van der Waals surface area contributed by atoms with Crippen molar-refractivity contribution in [2.45, 2.75) is 25.4 Å². The van der Waals surface area contributed by atoms with Gasteiger partial charge in [0.15, 0.2) is 11.8 Å². The van der Waals surface area contributed by atoms with Crippen molar-refractivity contribution in [2.24, 2.45) is 16.5 Å². The van der Waals surface area contributed by atoms with Gasteiger partial charge in [0.1, 0.15) is 12.4 Å². The van der Waals surface area contributed by atoms with E-state index in [1.54, 1.807) is 12.2 Å². The maximum absolute atomic E-state index is 12.0. The van der Waals surface area contributed by atoms with Gasteiger partial charge in [-0.1, -0.05) is 6.08 Å². The van der Waals surface area contributed by atoms with Gasteiger partial charge in [0.2, 0.25) is 5.91 Å². The number of allylic oxidation sites excluding steroid dienone is 1. The minimum absolute atomic E-state index is 0.222. The van der Waals surface area contributed by atoms with Crippen LogP contribution in [-0.2, 0) is 4.79 Å². The number of guanidine groups is 1. The first-order valence-electron chi connectivity index (χ1n) is 6.68. The first-order valence-corrected chi connectivity index (χ1v) is 6.68. The molecular formula is C13H17F3N6O. The van der Waals surface area contributed by atoms with Gasteiger partial charge in [-0.3, -0.25) is 4.79 Å². The fourth-order valence-corrected chi connectivity index (χ4v) is 1.45. The lowest BCUT2D eigenvalue weighted by Gasteiger charge is -2.06. The highest BCUT2D eigenvalue weighted by Gasteiger charge is 2.26. The van der Waals surface area contributed by atoms with E-state index in [1.165, 1.54) is 12.3 Å². The smallest absolute Gasteiger partial charge is 0.370 e. The maximum Gasteiger partial charge on any atom is 0.408 e. The molecule has 1 amide bonds. The van der Waals surface area contributed by atoms with Crippen LogP contribution < -0.4 is 16.8 Å². The zero-order valence-electron chi connectivity index (χ0n) is 12.2. The van der Waals surface area contributed by atoms with Gasteiger partial charge in [-0.2, -0.15) is 13.2 Å². The minimum atomic E-state index is -4.42. The van der Waals surface area contributed by atoms with Gasteiger partial charge in [-0.15, -0.1) is 0 Å². The van der Waals surface area contributed by atoms with Gasteiger partial charge in [0, 0.05) is 12.6 Å². The van der Waals surface area contributed by atoms with E-state index < -0.39 is 18.7 Å². The van der Waals surface area contributed by atoms with Crippen molar-refractivity contribution < 1.29 is 18.0 Å². The topological polar surface area (TPSA) is 119 Å². The predicted octanol–water partition coefficient (Wildman–Crippen LogP) is 1.43. The molecule has 0 aromatic carbocycles. The van der Waals surface area contributed by atoms with Crippen LogP contribution in [0.2, 0.25) is 0 Å². The van der Waals surface area contributed by atoms with Crippen LogP contribution in [0, 0.1) is 0 Å². The van der Waals surface area contributed by atoms with Crippen LogP contribution in [0.1, 0.15) is 25.1 Å². The number of nitrogens with two attached hydrogens (primary N) is 2. The van der Waals surface area contributed by atoms with Gasteiger partial charge in [-0.05, 0) is 25.0 Å². The summed E-state index contributed by atoms with van der Waals surface area (Å²) in [6.07, 6.45) is 1.92. The third kappa shape index (κ3) is 9.06. The molecule has 0 bridgehead atoms. The molecule has 1 rings (SSSR count). The molecular weight excluding hydrogens is 313 g/mol. The average Bonchev–Trinajstić information content (AvgIpc) is 2.44. The van der Waals surface area contributed by atoms with Gasteiger partial charge in [0.05, 0.1) is 0 Å². The van der Waals surface area contributed by atoms with E-state index in [0.29, 0.717) is 25.1 Å². The molecule has 0 radical (unpaired) electrons. The van der Waals surface area contributed by atoms with E-state index in [2.05, 4.69) is 20.3 Å². The Hall–Kier alpha value is -2.65. The van der Waals surface area contributed by atoms with E-state index in [1.807, 2.05) is 0 Å². The predicted molar refractivity (Wildman–Crippen MR) is 80.3 cm³/mol. The zero-order chi connectivity index (χ0) is 17.3. The summed E-state index contributed by atoms with van der Waals surface area (Å²) in [6.45, 7) is -1.37. The molecule has 23 heavy (non-hydrogen) atoms. The van der Waals surface area contributed by atoms with Crippen molar-refractivity contribution >= 4 is 23.8 Å². The summed E-state index contributed by atoms with van der Waals surface area (Å²) >= 11 is 0.